The molecule has 2 N–H and O–H groups in total. The molecule has 0 bridgehead atoms. The van der Waals surface area contributed by atoms with E-state index in [4.69, 9.17) is 10.2 Å². The lowest BCUT2D eigenvalue weighted by atomic mass is 9.86. The number of rotatable bonds is 6. The van der Waals surface area contributed by atoms with Crippen LogP contribution in [0, 0.1) is 0 Å². The van der Waals surface area contributed by atoms with Crippen LogP contribution in [-0.4, -0.2) is 48.0 Å². The van der Waals surface area contributed by atoms with Crippen LogP contribution >= 0.6 is 0 Å². The van der Waals surface area contributed by atoms with Gasteiger partial charge in [0.25, 0.3) is 0 Å². The minimum atomic E-state index is 0.149. The zero-order valence-electron chi connectivity index (χ0n) is 12.7. The van der Waals surface area contributed by atoms with Gasteiger partial charge in [-0.2, -0.15) is 0 Å². The van der Waals surface area contributed by atoms with Crippen molar-refractivity contribution in [3.05, 3.63) is 35.4 Å². The van der Waals surface area contributed by atoms with Gasteiger partial charge in [0, 0.05) is 5.56 Å². The molecule has 3 heteroatoms. The summed E-state index contributed by atoms with van der Waals surface area (Å²) in [5.41, 5.74) is 2.75. The van der Waals surface area contributed by atoms with Crippen LogP contribution in [-0.2, 0) is 12.0 Å². The van der Waals surface area contributed by atoms with Crippen LogP contribution in [0.2, 0.25) is 0 Å². The van der Waals surface area contributed by atoms with Crippen LogP contribution in [0.1, 0.15) is 31.9 Å². The summed E-state index contributed by atoms with van der Waals surface area (Å²) in [6.45, 7) is 9.10. The van der Waals surface area contributed by atoms with Crippen LogP contribution in [0.5, 0.6) is 0 Å². The minimum absolute atomic E-state index is 0.149. The number of hydrogen-bond acceptors (Lipinski definition) is 2. The van der Waals surface area contributed by atoms with Gasteiger partial charge in [0.15, 0.2) is 0 Å². The third-order valence-electron chi connectivity index (χ3n) is 3.66. The van der Waals surface area contributed by atoms with E-state index in [0.29, 0.717) is 17.6 Å². The van der Waals surface area contributed by atoms with Crippen molar-refractivity contribution in [1.29, 1.82) is 0 Å². The summed E-state index contributed by atoms with van der Waals surface area (Å²) in [6, 6.07) is 8.67. The van der Waals surface area contributed by atoms with E-state index in [1.54, 1.807) is 0 Å². The van der Waals surface area contributed by atoms with Gasteiger partial charge < -0.3 is 14.7 Å². The maximum absolute atomic E-state index is 9.16. The second kappa shape index (κ2) is 6.51. The molecule has 0 spiro atoms. The number of likely N-dealkylation sites (N-methyl/N-ethyl adjacent to an activating group) is 1. The minimum Gasteiger partial charge on any atom is -0.391 e. The molecule has 19 heavy (non-hydrogen) atoms. The second-order valence-corrected chi connectivity index (χ2v) is 6.62. The molecule has 0 unspecified atom stereocenters. The molecular formula is C16H28NO2+. The Hall–Kier alpha value is -0.900. The van der Waals surface area contributed by atoms with Crippen LogP contribution in [0.3, 0.4) is 0 Å². The van der Waals surface area contributed by atoms with E-state index in [0.717, 1.165) is 6.54 Å². The maximum atomic E-state index is 9.16. The summed E-state index contributed by atoms with van der Waals surface area (Å²) < 4.78 is 0.669. The van der Waals surface area contributed by atoms with Crippen molar-refractivity contribution in [3.8, 4) is 0 Å². The zero-order valence-corrected chi connectivity index (χ0v) is 12.7. The van der Waals surface area contributed by atoms with Crippen LogP contribution in [0.25, 0.3) is 0 Å². The normalized spacial score (nSPS) is 12.7. The van der Waals surface area contributed by atoms with Crippen LogP contribution < -0.4 is 0 Å². The van der Waals surface area contributed by atoms with Crippen molar-refractivity contribution in [3.63, 3.8) is 0 Å². The Morgan fingerprint density at radius 3 is 1.79 bits per heavy atom. The van der Waals surface area contributed by atoms with Crippen molar-refractivity contribution in [2.45, 2.75) is 32.7 Å². The highest BCUT2D eigenvalue weighted by Crippen LogP contribution is 2.23. The molecule has 0 saturated heterocycles. The molecule has 0 heterocycles. The summed E-state index contributed by atoms with van der Waals surface area (Å²) in [4.78, 5) is 0. The van der Waals surface area contributed by atoms with Crippen molar-refractivity contribution in [2.75, 3.05) is 33.4 Å². The first-order valence-corrected chi connectivity index (χ1v) is 6.95. The van der Waals surface area contributed by atoms with Gasteiger partial charge in [-0.25, -0.2) is 0 Å². The zero-order chi connectivity index (χ0) is 14.5. The summed E-state index contributed by atoms with van der Waals surface area (Å²) in [5, 5.41) is 18.3. The van der Waals surface area contributed by atoms with Gasteiger partial charge >= 0.3 is 0 Å². The molecule has 0 aliphatic carbocycles. The largest absolute Gasteiger partial charge is 0.391 e. The van der Waals surface area contributed by atoms with Crippen molar-refractivity contribution in [2.24, 2.45) is 0 Å². The maximum Gasteiger partial charge on any atom is 0.104 e. The van der Waals surface area contributed by atoms with E-state index < -0.39 is 0 Å². The van der Waals surface area contributed by atoms with Crippen molar-refractivity contribution < 1.29 is 14.7 Å². The predicted octanol–water partition coefficient (Wildman–Crippen LogP) is 1.92. The first-order chi connectivity index (χ1) is 8.80. The monoisotopic (exact) mass is 266 g/mol. The molecular weight excluding hydrogens is 238 g/mol. The Labute approximate surface area is 117 Å². The van der Waals surface area contributed by atoms with Crippen molar-refractivity contribution in [1.82, 2.24) is 0 Å². The first kappa shape index (κ1) is 16.2. The molecule has 0 radical (unpaired) electrons. The molecule has 0 fully saturated rings. The molecule has 0 aromatic heterocycles. The quantitative estimate of drug-likeness (QED) is 0.772. The Kier molecular flexibility index (Phi) is 5.53. The first-order valence-electron chi connectivity index (χ1n) is 6.95. The van der Waals surface area contributed by atoms with E-state index >= 15 is 0 Å². The van der Waals surface area contributed by atoms with Gasteiger partial charge in [0.1, 0.15) is 19.6 Å². The smallest absolute Gasteiger partial charge is 0.104 e. The fourth-order valence-electron chi connectivity index (χ4n) is 2.30. The lowest BCUT2D eigenvalue weighted by Crippen LogP contribution is -2.47. The van der Waals surface area contributed by atoms with E-state index in [1.807, 2.05) is 0 Å². The molecule has 1 rings (SSSR count). The van der Waals surface area contributed by atoms with Gasteiger partial charge in [0.05, 0.1) is 20.3 Å². The molecule has 0 aliphatic rings. The third kappa shape index (κ3) is 4.94. The molecule has 108 valence electrons. The third-order valence-corrected chi connectivity index (χ3v) is 3.66. The van der Waals surface area contributed by atoms with E-state index in [2.05, 4.69) is 52.1 Å². The highest BCUT2D eigenvalue weighted by Gasteiger charge is 2.21. The lowest BCUT2D eigenvalue weighted by Gasteiger charge is -2.33. The summed E-state index contributed by atoms with van der Waals surface area (Å²) in [5.74, 6) is 0. The fraction of sp³-hybridized carbons (Fsp3) is 0.625. The van der Waals surface area contributed by atoms with Crippen molar-refractivity contribution >= 4 is 0 Å². The standard InChI is InChI=1S/C16H28NO2/c1-16(2,3)15-7-5-14(6-8-15)13-17(4,9-11-18)10-12-19/h5-8,18-19H,9-13H2,1-4H3/q+1. The molecule has 0 aliphatic heterocycles. The highest BCUT2D eigenvalue weighted by atomic mass is 16.3. The number of hydrogen-bond donors (Lipinski definition) is 2. The molecule has 0 saturated carbocycles. The molecule has 1 aromatic rings. The summed E-state index contributed by atoms with van der Waals surface area (Å²) in [7, 11) is 2.07. The lowest BCUT2D eigenvalue weighted by molar-refractivity contribution is -0.923. The summed E-state index contributed by atoms with van der Waals surface area (Å²) in [6.07, 6.45) is 0. The Morgan fingerprint density at radius 2 is 1.42 bits per heavy atom. The molecule has 0 atom stereocenters. The Morgan fingerprint density at radius 1 is 0.947 bits per heavy atom. The van der Waals surface area contributed by atoms with E-state index in [9.17, 15) is 0 Å². The van der Waals surface area contributed by atoms with E-state index in [1.165, 1.54) is 11.1 Å². The Balaban J connectivity index is 2.81. The topological polar surface area (TPSA) is 40.5 Å². The number of quaternary nitrogens is 1. The average molecular weight is 266 g/mol. The molecule has 3 nitrogen and oxygen atoms in total. The number of nitrogens with zero attached hydrogens (tertiary/aromatic N) is 1. The van der Waals surface area contributed by atoms with Gasteiger partial charge in [-0.3, -0.25) is 0 Å². The Bertz CT molecular complexity index is 373. The van der Waals surface area contributed by atoms with Gasteiger partial charge in [-0.1, -0.05) is 45.0 Å². The SMILES string of the molecule is CC(C)(C)c1ccc(C[N+](C)(CCO)CCO)cc1. The van der Waals surface area contributed by atoms with E-state index in [-0.39, 0.29) is 18.6 Å². The van der Waals surface area contributed by atoms with Gasteiger partial charge in [-0.05, 0) is 11.0 Å². The van der Waals surface area contributed by atoms with Crippen LogP contribution in [0.4, 0.5) is 0 Å². The summed E-state index contributed by atoms with van der Waals surface area (Å²) >= 11 is 0. The molecule has 0 amide bonds. The number of benzene rings is 1. The predicted molar refractivity (Wildman–Crippen MR) is 78.9 cm³/mol. The van der Waals surface area contributed by atoms with Gasteiger partial charge in [-0.15, -0.1) is 0 Å². The van der Waals surface area contributed by atoms with Crippen LogP contribution in [0.15, 0.2) is 24.3 Å². The van der Waals surface area contributed by atoms with Gasteiger partial charge in [0.2, 0.25) is 0 Å². The second-order valence-electron chi connectivity index (χ2n) is 6.62. The average Bonchev–Trinajstić information content (AvgIpc) is 2.28. The molecule has 1 aromatic carbocycles. The fourth-order valence-corrected chi connectivity index (χ4v) is 2.30. The number of aliphatic hydroxyl groups excluding tert-OH is 2. The number of aliphatic hydroxyl groups is 2. The highest BCUT2D eigenvalue weighted by molar-refractivity contribution is 5.27.